The zero-order valence-electron chi connectivity index (χ0n) is 18.5. The number of hydrogen-bond donors (Lipinski definition) is 2. The van der Waals surface area contributed by atoms with E-state index < -0.39 is 6.09 Å². The van der Waals surface area contributed by atoms with Crippen molar-refractivity contribution in [3.8, 4) is 5.75 Å². The van der Waals surface area contributed by atoms with Gasteiger partial charge < -0.3 is 24.7 Å². The van der Waals surface area contributed by atoms with Gasteiger partial charge in [-0.15, -0.1) is 0 Å². The third kappa shape index (κ3) is 3.75. The fourth-order valence-corrected chi connectivity index (χ4v) is 4.79. The van der Waals surface area contributed by atoms with Crippen molar-refractivity contribution in [3.63, 3.8) is 0 Å². The first kappa shape index (κ1) is 21.5. The first-order valence-corrected chi connectivity index (χ1v) is 11.3. The molecule has 2 aromatic heterocycles. The molecule has 0 unspecified atom stereocenters. The Labute approximate surface area is 197 Å². The molecule has 2 N–H and O–H groups in total. The maximum atomic E-state index is 14.6. The van der Waals surface area contributed by atoms with E-state index in [1.165, 1.54) is 17.2 Å². The highest BCUT2D eigenvalue weighted by Crippen LogP contribution is 2.33. The minimum absolute atomic E-state index is 0.0712. The smallest absolute Gasteiger partial charge is 0.415 e. The summed E-state index contributed by atoms with van der Waals surface area (Å²) in [4.78, 5) is 46.0. The van der Waals surface area contributed by atoms with Crippen LogP contribution in [0, 0.1) is 5.82 Å². The first-order chi connectivity index (χ1) is 17.0. The van der Waals surface area contributed by atoms with Gasteiger partial charge >= 0.3 is 6.09 Å². The molecule has 11 nitrogen and oxygen atoms in total. The summed E-state index contributed by atoms with van der Waals surface area (Å²) in [6, 6.07) is 5.91. The van der Waals surface area contributed by atoms with Crippen molar-refractivity contribution < 1.29 is 23.5 Å². The van der Waals surface area contributed by atoms with Crippen molar-refractivity contribution >= 4 is 34.7 Å². The monoisotopic (exact) mass is 480 g/mol. The zero-order valence-corrected chi connectivity index (χ0v) is 18.5. The van der Waals surface area contributed by atoms with Gasteiger partial charge in [0.1, 0.15) is 17.7 Å². The molecule has 0 spiro atoms. The van der Waals surface area contributed by atoms with E-state index in [1.807, 2.05) is 0 Å². The summed E-state index contributed by atoms with van der Waals surface area (Å²) in [7, 11) is 0. The van der Waals surface area contributed by atoms with E-state index in [0.29, 0.717) is 60.6 Å². The van der Waals surface area contributed by atoms with Crippen molar-refractivity contribution in [2.75, 3.05) is 29.9 Å². The normalized spacial score (nSPS) is 20.5. The molecule has 5 heterocycles. The van der Waals surface area contributed by atoms with Crippen molar-refractivity contribution in [1.82, 2.24) is 19.9 Å². The average molecular weight is 480 g/mol. The topological polar surface area (TPSA) is 128 Å². The molecule has 180 valence electrons. The molecule has 2 amide bonds. The van der Waals surface area contributed by atoms with Crippen LogP contribution in [0.2, 0.25) is 0 Å². The molecular formula is C23H21FN6O5. The van der Waals surface area contributed by atoms with E-state index in [4.69, 9.17) is 9.47 Å². The van der Waals surface area contributed by atoms with E-state index in [0.717, 1.165) is 0 Å². The molecule has 0 aliphatic carbocycles. The number of pyridine rings is 1. The number of anilines is 2. The third-order valence-electron chi connectivity index (χ3n) is 6.41. The Hall–Kier alpha value is -4.06. The van der Waals surface area contributed by atoms with Gasteiger partial charge in [-0.25, -0.2) is 19.2 Å². The molecule has 35 heavy (non-hydrogen) atoms. The minimum atomic E-state index is -0.509. The predicted molar refractivity (Wildman–Crippen MR) is 122 cm³/mol. The van der Waals surface area contributed by atoms with Gasteiger partial charge in [-0.1, -0.05) is 0 Å². The summed E-state index contributed by atoms with van der Waals surface area (Å²) < 4.78 is 26.9. The molecule has 0 saturated carbocycles. The predicted octanol–water partition coefficient (Wildman–Crippen LogP) is 1.71. The molecule has 3 aliphatic heterocycles. The van der Waals surface area contributed by atoms with Crippen LogP contribution in [0.25, 0.3) is 11.0 Å². The number of nitrogens with one attached hydrogen (secondary N) is 2. The second kappa shape index (κ2) is 8.31. The Bertz CT molecular complexity index is 1430. The van der Waals surface area contributed by atoms with Crippen LogP contribution in [-0.4, -0.2) is 52.3 Å². The van der Waals surface area contributed by atoms with Gasteiger partial charge in [0.15, 0.2) is 18.2 Å². The fraction of sp³-hybridized carbons (Fsp3) is 0.348. The average Bonchev–Trinajstić information content (AvgIpc) is 3.42. The second-order valence-electron chi connectivity index (χ2n) is 8.65. The van der Waals surface area contributed by atoms with Gasteiger partial charge in [0.25, 0.3) is 11.5 Å². The molecule has 1 fully saturated rings. The van der Waals surface area contributed by atoms with Crippen molar-refractivity contribution in [1.29, 1.82) is 0 Å². The maximum absolute atomic E-state index is 14.6. The van der Waals surface area contributed by atoms with E-state index >= 15 is 0 Å². The number of benzene rings is 1. The lowest BCUT2D eigenvalue weighted by Gasteiger charge is -2.19. The van der Waals surface area contributed by atoms with Gasteiger partial charge in [-0.2, -0.15) is 0 Å². The van der Waals surface area contributed by atoms with E-state index in [-0.39, 0.29) is 41.9 Å². The second-order valence-corrected chi connectivity index (χ2v) is 8.65. The van der Waals surface area contributed by atoms with Gasteiger partial charge in [0.05, 0.1) is 29.8 Å². The maximum Gasteiger partial charge on any atom is 0.415 e. The number of fused-ring (bicyclic) bond motifs is 1. The van der Waals surface area contributed by atoms with Crippen molar-refractivity contribution in [2.24, 2.45) is 0 Å². The van der Waals surface area contributed by atoms with Crippen LogP contribution in [0.1, 0.15) is 24.4 Å². The van der Waals surface area contributed by atoms with Gasteiger partial charge in [0, 0.05) is 12.1 Å². The van der Waals surface area contributed by atoms with Crippen LogP contribution >= 0.6 is 0 Å². The lowest BCUT2D eigenvalue weighted by atomic mass is 10.1. The van der Waals surface area contributed by atoms with Crippen LogP contribution in [0.15, 0.2) is 35.3 Å². The Morgan fingerprint density at radius 3 is 2.94 bits per heavy atom. The molecule has 2 atom stereocenters. The quantitative estimate of drug-likeness (QED) is 0.511. The zero-order chi connectivity index (χ0) is 24.1. The number of halogens is 1. The molecule has 0 bridgehead atoms. The molecule has 3 aromatic rings. The number of cyclic esters (lactones) is 1. The summed E-state index contributed by atoms with van der Waals surface area (Å²) >= 11 is 0. The number of ether oxygens (including phenoxy) is 2. The Morgan fingerprint density at radius 1 is 1.17 bits per heavy atom. The number of nitrogens with zero attached hydrogens (tertiary/aromatic N) is 4. The highest BCUT2D eigenvalue weighted by Gasteiger charge is 2.34. The van der Waals surface area contributed by atoms with Gasteiger partial charge in [-0.3, -0.25) is 14.5 Å². The Balaban J connectivity index is 1.06. The molecule has 0 radical (unpaired) electrons. The highest BCUT2D eigenvalue weighted by molar-refractivity contribution is 5.95. The highest BCUT2D eigenvalue weighted by atomic mass is 19.1. The molecule has 3 aliphatic rings. The Kier molecular flexibility index (Phi) is 5.10. The lowest BCUT2D eigenvalue weighted by Crippen LogP contribution is -2.29. The van der Waals surface area contributed by atoms with Crippen LogP contribution in [0.3, 0.4) is 0 Å². The summed E-state index contributed by atoms with van der Waals surface area (Å²) in [6.45, 7) is 1.14. The molecule has 6 rings (SSSR count). The molecule has 12 heteroatoms. The van der Waals surface area contributed by atoms with Gasteiger partial charge in [0.2, 0.25) is 0 Å². The van der Waals surface area contributed by atoms with Crippen LogP contribution in [0.4, 0.5) is 20.8 Å². The van der Waals surface area contributed by atoms with E-state index in [9.17, 15) is 18.8 Å². The molecule has 1 saturated heterocycles. The van der Waals surface area contributed by atoms with Crippen LogP contribution in [0.5, 0.6) is 5.75 Å². The summed E-state index contributed by atoms with van der Waals surface area (Å²) in [6.07, 6.45) is 1.68. The lowest BCUT2D eigenvalue weighted by molar-refractivity contribution is -0.118. The number of carbonyl (C=O) groups excluding carboxylic acids is 2. The number of amides is 2. The number of aromatic nitrogens is 3. The fourth-order valence-electron chi connectivity index (χ4n) is 4.79. The van der Waals surface area contributed by atoms with Crippen LogP contribution in [-0.2, 0) is 16.1 Å². The number of rotatable bonds is 6. The van der Waals surface area contributed by atoms with E-state index in [2.05, 4.69) is 20.6 Å². The molecular weight excluding hydrogens is 459 g/mol. The Morgan fingerprint density at radius 2 is 2.06 bits per heavy atom. The van der Waals surface area contributed by atoms with Crippen molar-refractivity contribution in [3.05, 3.63) is 52.2 Å². The van der Waals surface area contributed by atoms with Gasteiger partial charge in [-0.05, 0) is 43.7 Å². The first-order valence-electron chi connectivity index (χ1n) is 11.3. The summed E-state index contributed by atoms with van der Waals surface area (Å²) in [5.74, 6) is 0.412. The SMILES string of the molecule is O=C1COc2ccc(N3C[C@H](CCCN[C@H]4Cn5c(=O)cnc6ccc(F)c4c65)OC3=O)nc2N1. The summed E-state index contributed by atoms with van der Waals surface area (Å²) in [5, 5.41) is 5.95. The summed E-state index contributed by atoms with van der Waals surface area (Å²) in [5.41, 5.74) is 1.33. The largest absolute Gasteiger partial charge is 0.480 e. The van der Waals surface area contributed by atoms with Crippen molar-refractivity contribution in [2.45, 2.75) is 31.5 Å². The van der Waals surface area contributed by atoms with Crippen LogP contribution < -0.4 is 25.8 Å². The molecule has 1 aromatic carbocycles. The number of carbonyl (C=O) groups is 2. The number of hydrogen-bond acceptors (Lipinski definition) is 8. The van der Waals surface area contributed by atoms with E-state index in [1.54, 1.807) is 22.8 Å². The minimum Gasteiger partial charge on any atom is -0.480 e. The standard InChI is InChI=1S/C23H21FN6O5/c24-13-3-4-14-21-20(13)15(10-30(21)19(32)8-26-14)25-7-1-2-12-9-29(23(33)35-12)17-6-5-16-22(27-17)28-18(31)11-34-16/h3-6,8,12,15,25H,1-2,7,9-11H2,(H,27,28,31)/t12-,15-/m0/s1. The third-order valence-corrected chi connectivity index (χ3v) is 6.41.